The Morgan fingerprint density at radius 3 is 2.40 bits per heavy atom. The Morgan fingerprint density at radius 2 is 1.95 bits per heavy atom. The molecule has 0 fully saturated rings. The highest BCUT2D eigenvalue weighted by Crippen LogP contribution is 2.26. The number of amides is 1. The monoisotopic (exact) mass is 300 g/mol. The minimum Gasteiger partial charge on any atom is -0.397 e. The number of sulfonamides is 1. The summed E-state index contributed by atoms with van der Waals surface area (Å²) >= 11 is 0. The molecule has 0 unspecified atom stereocenters. The first-order valence-corrected chi connectivity index (χ1v) is 7.61. The van der Waals surface area contributed by atoms with E-state index in [1.54, 1.807) is 4.90 Å². The number of carbonyl (C=O) groups excluding carboxylic acids is 1. The zero-order valence-corrected chi connectivity index (χ0v) is 12.4. The van der Waals surface area contributed by atoms with Crippen molar-refractivity contribution in [2.45, 2.75) is 18.7 Å². The van der Waals surface area contributed by atoms with Gasteiger partial charge in [-0.1, -0.05) is 13.8 Å². The van der Waals surface area contributed by atoms with Gasteiger partial charge >= 0.3 is 0 Å². The second kappa shape index (κ2) is 6.10. The summed E-state index contributed by atoms with van der Waals surface area (Å²) in [5, 5.41) is 5.10. The first kappa shape index (κ1) is 16.3. The highest BCUT2D eigenvalue weighted by atomic mass is 32.2. The minimum atomic E-state index is -3.83. The van der Waals surface area contributed by atoms with Gasteiger partial charge in [-0.15, -0.1) is 0 Å². The minimum absolute atomic E-state index is 0.0452. The first-order chi connectivity index (χ1) is 9.11. The van der Waals surface area contributed by atoms with Crippen LogP contribution in [-0.2, 0) is 14.8 Å². The summed E-state index contributed by atoms with van der Waals surface area (Å²) in [5.41, 5.74) is 11.9. The molecule has 0 radical (unpaired) electrons. The Labute approximate surface area is 118 Å². The third-order valence-corrected chi connectivity index (χ3v) is 3.51. The molecular weight excluding hydrogens is 280 g/mol. The molecule has 0 saturated carbocycles. The van der Waals surface area contributed by atoms with Crippen molar-refractivity contribution >= 4 is 27.3 Å². The van der Waals surface area contributed by atoms with Crippen molar-refractivity contribution in [3.05, 3.63) is 18.2 Å². The van der Waals surface area contributed by atoms with Crippen molar-refractivity contribution in [1.82, 2.24) is 0 Å². The van der Waals surface area contributed by atoms with E-state index in [1.165, 1.54) is 18.2 Å². The van der Waals surface area contributed by atoms with Gasteiger partial charge in [0.1, 0.15) is 0 Å². The van der Waals surface area contributed by atoms with Gasteiger partial charge in [0.25, 0.3) is 0 Å². The number of primary amides is 1. The summed E-state index contributed by atoms with van der Waals surface area (Å²) in [6, 6.07) is 4.13. The van der Waals surface area contributed by atoms with Gasteiger partial charge < -0.3 is 16.4 Å². The molecule has 0 aliphatic rings. The van der Waals surface area contributed by atoms with Crippen molar-refractivity contribution in [3.63, 3.8) is 0 Å². The predicted octanol–water partition coefficient (Wildman–Crippen LogP) is -0.136. The van der Waals surface area contributed by atoms with Crippen LogP contribution in [0.25, 0.3) is 0 Å². The number of primary sulfonamides is 1. The fourth-order valence-electron chi connectivity index (χ4n) is 1.85. The summed E-state index contributed by atoms with van der Waals surface area (Å²) in [6.07, 6.45) is 0. The second-order valence-corrected chi connectivity index (χ2v) is 6.57. The van der Waals surface area contributed by atoms with Crippen molar-refractivity contribution in [2.24, 2.45) is 16.8 Å². The molecule has 1 aromatic rings. The summed E-state index contributed by atoms with van der Waals surface area (Å²) in [4.78, 5) is 12.7. The van der Waals surface area contributed by atoms with E-state index in [0.29, 0.717) is 17.9 Å². The van der Waals surface area contributed by atoms with E-state index in [2.05, 4.69) is 0 Å². The maximum Gasteiger partial charge on any atom is 0.238 e. The smallest absolute Gasteiger partial charge is 0.238 e. The summed E-state index contributed by atoms with van der Waals surface area (Å²) in [5.74, 6) is -0.280. The van der Waals surface area contributed by atoms with Gasteiger partial charge in [-0.25, -0.2) is 13.6 Å². The second-order valence-electron chi connectivity index (χ2n) is 5.01. The number of carbonyl (C=O) groups is 1. The summed E-state index contributed by atoms with van der Waals surface area (Å²) in [7, 11) is -3.83. The lowest BCUT2D eigenvalue weighted by molar-refractivity contribution is -0.116. The maximum atomic E-state index is 11.4. The number of hydrogen-bond acceptors (Lipinski definition) is 5. The lowest BCUT2D eigenvalue weighted by Crippen LogP contribution is -2.36. The summed E-state index contributed by atoms with van der Waals surface area (Å²) in [6.45, 7) is 4.40. The molecule has 1 rings (SSSR count). The molecule has 0 spiro atoms. The Kier molecular flexibility index (Phi) is 4.96. The van der Waals surface area contributed by atoms with E-state index in [9.17, 15) is 13.2 Å². The van der Waals surface area contributed by atoms with Gasteiger partial charge in [0.15, 0.2) is 0 Å². The fourth-order valence-corrected chi connectivity index (χ4v) is 2.38. The third-order valence-electron chi connectivity index (χ3n) is 2.60. The molecule has 0 saturated heterocycles. The number of anilines is 2. The van der Waals surface area contributed by atoms with Crippen LogP contribution in [0.3, 0.4) is 0 Å². The SMILES string of the molecule is CC(C)CN(CC(N)=O)c1cc(S(N)(=O)=O)ccc1N. The van der Waals surface area contributed by atoms with Crippen molar-refractivity contribution in [1.29, 1.82) is 0 Å². The molecule has 7 nitrogen and oxygen atoms in total. The highest BCUT2D eigenvalue weighted by Gasteiger charge is 2.17. The molecule has 20 heavy (non-hydrogen) atoms. The molecular formula is C12H20N4O3S. The Hall–Kier alpha value is -1.80. The van der Waals surface area contributed by atoms with Gasteiger partial charge in [-0.2, -0.15) is 0 Å². The maximum absolute atomic E-state index is 11.4. The number of nitrogen functional groups attached to an aromatic ring is 1. The van der Waals surface area contributed by atoms with Gasteiger partial charge in [0.2, 0.25) is 15.9 Å². The molecule has 0 heterocycles. The van der Waals surface area contributed by atoms with Gasteiger partial charge in [-0.05, 0) is 24.1 Å². The van der Waals surface area contributed by atoms with E-state index in [1.807, 2.05) is 13.8 Å². The molecule has 112 valence electrons. The number of hydrogen-bond donors (Lipinski definition) is 3. The Bertz CT molecular complexity index is 599. The quantitative estimate of drug-likeness (QED) is 0.629. The number of rotatable bonds is 6. The van der Waals surface area contributed by atoms with Crippen LogP contribution in [0.4, 0.5) is 11.4 Å². The van der Waals surface area contributed by atoms with Crippen LogP contribution in [0.15, 0.2) is 23.1 Å². The molecule has 6 N–H and O–H groups in total. The van der Waals surface area contributed by atoms with E-state index in [-0.39, 0.29) is 17.4 Å². The molecule has 0 aliphatic carbocycles. The van der Waals surface area contributed by atoms with E-state index in [0.717, 1.165) is 0 Å². The van der Waals surface area contributed by atoms with Gasteiger partial charge in [0.05, 0.1) is 22.8 Å². The average molecular weight is 300 g/mol. The lowest BCUT2D eigenvalue weighted by Gasteiger charge is -2.27. The van der Waals surface area contributed by atoms with Gasteiger partial charge in [0, 0.05) is 6.54 Å². The fraction of sp³-hybridized carbons (Fsp3) is 0.417. The van der Waals surface area contributed by atoms with Crippen molar-refractivity contribution < 1.29 is 13.2 Å². The van der Waals surface area contributed by atoms with Crippen LogP contribution in [-0.4, -0.2) is 27.4 Å². The normalized spacial score (nSPS) is 11.6. The Balaban J connectivity index is 3.27. The molecule has 0 atom stereocenters. The number of nitrogens with two attached hydrogens (primary N) is 3. The van der Waals surface area contributed by atoms with Gasteiger partial charge in [-0.3, -0.25) is 4.79 Å². The van der Waals surface area contributed by atoms with E-state index < -0.39 is 15.9 Å². The molecule has 1 amide bonds. The standard InChI is InChI=1S/C12H20N4O3S/c1-8(2)6-16(7-12(14)17)11-5-9(20(15,18)19)3-4-10(11)13/h3-5,8H,6-7,13H2,1-2H3,(H2,14,17)(H2,15,18,19). The van der Waals surface area contributed by atoms with Crippen LogP contribution < -0.4 is 21.5 Å². The molecule has 8 heteroatoms. The molecule has 0 bridgehead atoms. The van der Waals surface area contributed by atoms with Crippen LogP contribution >= 0.6 is 0 Å². The number of benzene rings is 1. The zero-order valence-electron chi connectivity index (χ0n) is 11.5. The van der Waals surface area contributed by atoms with Crippen LogP contribution in [0.5, 0.6) is 0 Å². The topological polar surface area (TPSA) is 133 Å². The molecule has 0 aromatic heterocycles. The summed E-state index contributed by atoms with van der Waals surface area (Å²) < 4.78 is 22.8. The van der Waals surface area contributed by atoms with E-state index in [4.69, 9.17) is 16.6 Å². The molecule has 0 aliphatic heterocycles. The van der Waals surface area contributed by atoms with Crippen LogP contribution in [0.2, 0.25) is 0 Å². The average Bonchev–Trinajstić information content (AvgIpc) is 2.25. The molecule has 1 aromatic carbocycles. The van der Waals surface area contributed by atoms with Crippen LogP contribution in [0.1, 0.15) is 13.8 Å². The Morgan fingerprint density at radius 1 is 1.35 bits per heavy atom. The van der Waals surface area contributed by atoms with E-state index >= 15 is 0 Å². The van der Waals surface area contributed by atoms with Crippen molar-refractivity contribution in [2.75, 3.05) is 23.7 Å². The largest absolute Gasteiger partial charge is 0.397 e. The lowest BCUT2D eigenvalue weighted by atomic mass is 10.1. The van der Waals surface area contributed by atoms with Crippen molar-refractivity contribution in [3.8, 4) is 0 Å². The predicted molar refractivity (Wildman–Crippen MR) is 78.5 cm³/mol. The zero-order chi connectivity index (χ0) is 15.5. The highest BCUT2D eigenvalue weighted by molar-refractivity contribution is 7.89. The third kappa shape index (κ3) is 4.39. The van der Waals surface area contributed by atoms with Crippen LogP contribution in [0, 0.1) is 5.92 Å². The number of nitrogens with zero attached hydrogens (tertiary/aromatic N) is 1. The first-order valence-electron chi connectivity index (χ1n) is 6.07.